The zero-order valence-electron chi connectivity index (χ0n) is 5.63. The van der Waals surface area contributed by atoms with Gasteiger partial charge in [-0.2, -0.15) is 11.3 Å². The fourth-order valence-electron chi connectivity index (χ4n) is 0.561. The van der Waals surface area contributed by atoms with E-state index in [2.05, 4.69) is 18.4 Å². The van der Waals surface area contributed by atoms with E-state index in [1.807, 2.05) is 16.8 Å². The standard InChI is InChI=1S/C9H8S/c1-2-3-4-5-9-6-7-10-8-9/h2,6-8H,1,3H2. The highest BCUT2D eigenvalue weighted by Crippen LogP contribution is 2.03. The van der Waals surface area contributed by atoms with E-state index >= 15 is 0 Å². The highest BCUT2D eigenvalue weighted by Gasteiger charge is 1.81. The molecule has 0 aromatic carbocycles. The molecular weight excluding hydrogens is 140 g/mol. The molecule has 1 heteroatoms. The molecule has 0 radical (unpaired) electrons. The number of hydrogen-bond donors (Lipinski definition) is 0. The second-order valence-electron chi connectivity index (χ2n) is 1.81. The van der Waals surface area contributed by atoms with E-state index in [9.17, 15) is 0 Å². The van der Waals surface area contributed by atoms with Crippen molar-refractivity contribution in [1.82, 2.24) is 0 Å². The van der Waals surface area contributed by atoms with Crippen LogP contribution in [0.2, 0.25) is 0 Å². The van der Waals surface area contributed by atoms with Crippen LogP contribution in [0.3, 0.4) is 0 Å². The van der Waals surface area contributed by atoms with Gasteiger partial charge in [0.25, 0.3) is 0 Å². The summed E-state index contributed by atoms with van der Waals surface area (Å²) in [7, 11) is 0. The van der Waals surface area contributed by atoms with E-state index in [-0.39, 0.29) is 0 Å². The first-order chi connectivity index (χ1) is 4.93. The van der Waals surface area contributed by atoms with Gasteiger partial charge < -0.3 is 0 Å². The summed E-state index contributed by atoms with van der Waals surface area (Å²) in [6.45, 7) is 3.58. The fraction of sp³-hybridized carbons (Fsp3) is 0.111. The smallest absolute Gasteiger partial charge is 0.0352 e. The third-order valence-corrected chi connectivity index (χ3v) is 1.68. The SMILES string of the molecule is C=CCC#Cc1ccsc1. The molecule has 10 heavy (non-hydrogen) atoms. The van der Waals surface area contributed by atoms with Gasteiger partial charge in [-0.1, -0.05) is 17.9 Å². The molecule has 0 saturated carbocycles. The lowest BCUT2D eigenvalue weighted by Crippen LogP contribution is -1.61. The topological polar surface area (TPSA) is 0 Å². The Hall–Kier alpha value is -1.000. The van der Waals surface area contributed by atoms with Gasteiger partial charge in [-0.25, -0.2) is 0 Å². The lowest BCUT2D eigenvalue weighted by molar-refractivity contribution is 1.49. The summed E-state index contributed by atoms with van der Waals surface area (Å²) in [5.41, 5.74) is 1.10. The van der Waals surface area contributed by atoms with E-state index in [0.29, 0.717) is 0 Å². The molecule has 0 N–H and O–H groups in total. The van der Waals surface area contributed by atoms with Gasteiger partial charge in [0.15, 0.2) is 0 Å². The minimum atomic E-state index is 0.774. The lowest BCUT2D eigenvalue weighted by Gasteiger charge is -1.74. The number of thiophene rings is 1. The first-order valence-electron chi connectivity index (χ1n) is 3.05. The molecule has 1 aromatic heterocycles. The summed E-state index contributed by atoms with van der Waals surface area (Å²) < 4.78 is 0. The molecule has 0 aliphatic carbocycles. The van der Waals surface area contributed by atoms with Crippen LogP contribution in [0.4, 0.5) is 0 Å². The van der Waals surface area contributed by atoms with E-state index in [0.717, 1.165) is 12.0 Å². The minimum Gasteiger partial charge on any atom is -0.151 e. The van der Waals surface area contributed by atoms with Crippen molar-refractivity contribution < 1.29 is 0 Å². The van der Waals surface area contributed by atoms with Gasteiger partial charge in [0, 0.05) is 17.4 Å². The molecule has 0 atom stereocenters. The first kappa shape index (κ1) is 7.11. The summed E-state index contributed by atoms with van der Waals surface area (Å²) in [6, 6.07) is 2.01. The summed E-state index contributed by atoms with van der Waals surface area (Å²) in [4.78, 5) is 0. The molecule has 0 bridgehead atoms. The largest absolute Gasteiger partial charge is 0.151 e. The molecule has 0 saturated heterocycles. The molecular formula is C9H8S. The molecule has 0 amide bonds. The van der Waals surface area contributed by atoms with Crippen LogP contribution in [0, 0.1) is 11.8 Å². The van der Waals surface area contributed by atoms with Crippen LogP contribution in [0.25, 0.3) is 0 Å². The van der Waals surface area contributed by atoms with Crippen molar-refractivity contribution in [1.29, 1.82) is 0 Å². The van der Waals surface area contributed by atoms with Crippen molar-refractivity contribution in [2.24, 2.45) is 0 Å². The van der Waals surface area contributed by atoms with E-state index < -0.39 is 0 Å². The van der Waals surface area contributed by atoms with Crippen LogP contribution in [-0.4, -0.2) is 0 Å². The summed E-state index contributed by atoms with van der Waals surface area (Å²) in [5, 5.41) is 4.06. The first-order valence-corrected chi connectivity index (χ1v) is 3.99. The zero-order chi connectivity index (χ0) is 7.23. The van der Waals surface area contributed by atoms with Gasteiger partial charge in [-0.05, 0) is 11.4 Å². The quantitative estimate of drug-likeness (QED) is 0.424. The highest BCUT2D eigenvalue weighted by atomic mass is 32.1. The van der Waals surface area contributed by atoms with Crippen molar-refractivity contribution in [3.63, 3.8) is 0 Å². The molecule has 1 aromatic rings. The van der Waals surface area contributed by atoms with Crippen molar-refractivity contribution in [3.8, 4) is 11.8 Å². The Bertz CT molecular complexity index is 246. The van der Waals surface area contributed by atoms with Gasteiger partial charge in [-0.15, -0.1) is 6.58 Å². The average Bonchev–Trinajstić information content (AvgIpc) is 2.41. The Labute approximate surface area is 65.2 Å². The Morgan fingerprint density at radius 3 is 3.20 bits per heavy atom. The van der Waals surface area contributed by atoms with Gasteiger partial charge in [0.05, 0.1) is 0 Å². The molecule has 0 nitrogen and oxygen atoms in total. The normalized spacial score (nSPS) is 8.00. The Balaban J connectivity index is 2.57. The third kappa shape index (κ3) is 2.08. The molecule has 0 aliphatic heterocycles. The van der Waals surface area contributed by atoms with Crippen LogP contribution >= 0.6 is 11.3 Å². The third-order valence-electron chi connectivity index (χ3n) is 1.00. The fourth-order valence-corrected chi connectivity index (χ4v) is 1.15. The number of allylic oxidation sites excluding steroid dienone is 1. The van der Waals surface area contributed by atoms with Gasteiger partial charge in [0.1, 0.15) is 0 Å². The second kappa shape index (κ2) is 3.92. The van der Waals surface area contributed by atoms with Crippen LogP contribution < -0.4 is 0 Å². The molecule has 0 aliphatic rings. The predicted octanol–water partition coefficient (Wildman–Crippen LogP) is 2.68. The van der Waals surface area contributed by atoms with Crippen molar-refractivity contribution in [3.05, 3.63) is 35.0 Å². The van der Waals surface area contributed by atoms with Crippen molar-refractivity contribution in [2.45, 2.75) is 6.42 Å². The molecule has 0 spiro atoms. The maximum absolute atomic E-state index is 3.58. The summed E-state index contributed by atoms with van der Waals surface area (Å²) in [6.07, 6.45) is 2.58. The van der Waals surface area contributed by atoms with Crippen LogP contribution in [0.15, 0.2) is 29.5 Å². The van der Waals surface area contributed by atoms with Crippen LogP contribution in [0.5, 0.6) is 0 Å². The molecule has 0 unspecified atom stereocenters. The molecule has 50 valence electrons. The number of rotatable bonds is 1. The predicted molar refractivity (Wildman–Crippen MR) is 46.0 cm³/mol. The van der Waals surface area contributed by atoms with Crippen molar-refractivity contribution >= 4 is 11.3 Å². The minimum absolute atomic E-state index is 0.774. The highest BCUT2D eigenvalue weighted by molar-refractivity contribution is 7.08. The van der Waals surface area contributed by atoms with Gasteiger partial charge in [-0.3, -0.25) is 0 Å². The molecule has 1 heterocycles. The van der Waals surface area contributed by atoms with Crippen LogP contribution in [-0.2, 0) is 0 Å². The zero-order valence-corrected chi connectivity index (χ0v) is 6.45. The summed E-state index contributed by atoms with van der Waals surface area (Å²) in [5.74, 6) is 5.99. The lowest BCUT2D eigenvalue weighted by atomic mass is 10.3. The van der Waals surface area contributed by atoms with E-state index in [4.69, 9.17) is 0 Å². The Morgan fingerprint density at radius 1 is 1.70 bits per heavy atom. The average molecular weight is 148 g/mol. The molecule has 1 rings (SSSR count). The monoisotopic (exact) mass is 148 g/mol. The van der Waals surface area contributed by atoms with Gasteiger partial charge >= 0.3 is 0 Å². The number of hydrogen-bond acceptors (Lipinski definition) is 1. The van der Waals surface area contributed by atoms with Crippen LogP contribution in [0.1, 0.15) is 12.0 Å². The Kier molecular flexibility index (Phi) is 2.79. The van der Waals surface area contributed by atoms with Gasteiger partial charge in [0.2, 0.25) is 0 Å². The van der Waals surface area contributed by atoms with E-state index in [1.54, 1.807) is 17.4 Å². The maximum atomic E-state index is 3.58. The Morgan fingerprint density at radius 2 is 2.60 bits per heavy atom. The van der Waals surface area contributed by atoms with E-state index in [1.165, 1.54) is 0 Å². The van der Waals surface area contributed by atoms with Crippen molar-refractivity contribution in [2.75, 3.05) is 0 Å². The second-order valence-corrected chi connectivity index (χ2v) is 2.59. The maximum Gasteiger partial charge on any atom is 0.0352 e. The summed E-state index contributed by atoms with van der Waals surface area (Å²) >= 11 is 1.67. The molecule has 0 fully saturated rings.